The van der Waals surface area contributed by atoms with Gasteiger partial charge in [0.1, 0.15) is 0 Å². The first-order chi connectivity index (χ1) is 6.36. The molecule has 2 rings (SSSR count). The summed E-state index contributed by atoms with van der Waals surface area (Å²) in [7, 11) is 0. The first-order valence-corrected chi connectivity index (χ1v) is 5.82. The van der Waals surface area contributed by atoms with E-state index in [1.165, 1.54) is 45.1 Å². The highest BCUT2D eigenvalue weighted by molar-refractivity contribution is 4.83. The molecule has 1 aliphatic carbocycles. The molecule has 1 saturated heterocycles. The molecule has 0 spiro atoms. The molecule has 0 radical (unpaired) electrons. The van der Waals surface area contributed by atoms with Gasteiger partial charge in [0.2, 0.25) is 0 Å². The summed E-state index contributed by atoms with van der Waals surface area (Å²) < 4.78 is 0. The Morgan fingerprint density at radius 1 is 1.15 bits per heavy atom. The number of nitrogens with one attached hydrogen (secondary N) is 1. The van der Waals surface area contributed by atoms with Crippen LogP contribution in [0.5, 0.6) is 0 Å². The normalized spacial score (nSPS) is 36.7. The third kappa shape index (κ3) is 2.44. The smallest absolute Gasteiger partial charge is 0.0194 e. The second kappa shape index (κ2) is 4.43. The lowest BCUT2D eigenvalue weighted by Gasteiger charge is -2.31. The zero-order valence-corrected chi connectivity index (χ0v) is 8.47. The lowest BCUT2D eigenvalue weighted by molar-refractivity contribution is 0.266. The predicted molar refractivity (Wildman–Crippen MR) is 55.5 cm³/mol. The maximum Gasteiger partial charge on any atom is 0.0194 e. The van der Waals surface area contributed by atoms with Crippen molar-refractivity contribution < 1.29 is 0 Å². The van der Waals surface area contributed by atoms with E-state index in [0.717, 1.165) is 18.4 Å². The van der Waals surface area contributed by atoms with Gasteiger partial charge in [-0.15, -0.1) is 0 Å². The van der Waals surface area contributed by atoms with E-state index < -0.39 is 0 Å². The van der Waals surface area contributed by atoms with E-state index in [2.05, 4.69) is 5.32 Å². The lowest BCUT2D eigenvalue weighted by atomic mass is 9.84. The fourth-order valence-corrected chi connectivity index (χ4v) is 2.90. The van der Waals surface area contributed by atoms with Crippen molar-refractivity contribution in [2.24, 2.45) is 17.6 Å². The maximum absolute atomic E-state index is 6.09. The van der Waals surface area contributed by atoms with E-state index in [1.54, 1.807) is 0 Å². The summed E-state index contributed by atoms with van der Waals surface area (Å²) in [6.07, 6.45) is 8.57. The third-order valence-corrected chi connectivity index (χ3v) is 3.79. The highest BCUT2D eigenvalue weighted by atomic mass is 14.9. The number of nitrogens with two attached hydrogens (primary N) is 1. The summed E-state index contributed by atoms with van der Waals surface area (Å²) in [6.45, 7) is 2.22. The van der Waals surface area contributed by atoms with Gasteiger partial charge in [0.15, 0.2) is 0 Å². The molecule has 2 atom stereocenters. The molecule has 0 bridgehead atoms. The molecule has 2 nitrogen and oxygen atoms in total. The number of hydrogen-bond acceptors (Lipinski definition) is 2. The average molecular weight is 182 g/mol. The second-order valence-electron chi connectivity index (χ2n) is 4.80. The van der Waals surface area contributed by atoms with E-state index in [-0.39, 0.29) is 0 Å². The van der Waals surface area contributed by atoms with Crippen molar-refractivity contribution in [3.8, 4) is 0 Å². The van der Waals surface area contributed by atoms with Crippen LogP contribution in [-0.4, -0.2) is 19.1 Å². The van der Waals surface area contributed by atoms with Gasteiger partial charge in [0, 0.05) is 12.6 Å². The fraction of sp³-hybridized carbons (Fsp3) is 1.00. The molecule has 0 aromatic rings. The van der Waals surface area contributed by atoms with Crippen molar-refractivity contribution in [3.05, 3.63) is 0 Å². The van der Waals surface area contributed by atoms with Gasteiger partial charge in [-0.25, -0.2) is 0 Å². The molecule has 2 unspecified atom stereocenters. The molecule has 1 aliphatic heterocycles. The van der Waals surface area contributed by atoms with Gasteiger partial charge >= 0.3 is 0 Å². The Kier molecular flexibility index (Phi) is 3.23. The van der Waals surface area contributed by atoms with Crippen LogP contribution in [0.15, 0.2) is 0 Å². The Bertz CT molecular complexity index is 152. The van der Waals surface area contributed by atoms with Crippen molar-refractivity contribution in [1.29, 1.82) is 0 Å². The molecule has 2 aliphatic rings. The van der Waals surface area contributed by atoms with E-state index in [4.69, 9.17) is 5.73 Å². The largest absolute Gasteiger partial charge is 0.326 e. The Hall–Kier alpha value is -0.0800. The van der Waals surface area contributed by atoms with E-state index in [1.807, 2.05) is 0 Å². The predicted octanol–water partition coefficient (Wildman–Crippen LogP) is 1.50. The molecule has 13 heavy (non-hydrogen) atoms. The Morgan fingerprint density at radius 2 is 1.92 bits per heavy atom. The molecule has 0 amide bonds. The molecule has 3 N–H and O–H groups in total. The van der Waals surface area contributed by atoms with Gasteiger partial charge in [0.25, 0.3) is 0 Å². The molecule has 76 valence electrons. The average Bonchev–Trinajstić information content (AvgIpc) is 2.61. The Labute approximate surface area is 81.3 Å². The van der Waals surface area contributed by atoms with E-state index in [0.29, 0.717) is 6.04 Å². The summed E-state index contributed by atoms with van der Waals surface area (Å²) >= 11 is 0. The summed E-state index contributed by atoms with van der Waals surface area (Å²) in [5, 5.41) is 3.36. The van der Waals surface area contributed by atoms with Crippen LogP contribution in [0.1, 0.15) is 38.5 Å². The SMILES string of the molecule is NC1CNCCC1CC1CCCC1. The minimum Gasteiger partial charge on any atom is -0.326 e. The second-order valence-corrected chi connectivity index (χ2v) is 4.80. The summed E-state index contributed by atoms with van der Waals surface area (Å²) in [6, 6.07) is 0.425. The quantitative estimate of drug-likeness (QED) is 0.679. The van der Waals surface area contributed by atoms with Crippen LogP contribution in [0.4, 0.5) is 0 Å². The summed E-state index contributed by atoms with van der Waals surface area (Å²) in [4.78, 5) is 0. The van der Waals surface area contributed by atoms with Crippen molar-refractivity contribution in [2.45, 2.75) is 44.6 Å². The van der Waals surface area contributed by atoms with Crippen LogP contribution in [0.2, 0.25) is 0 Å². The molecular weight excluding hydrogens is 160 g/mol. The summed E-state index contributed by atoms with van der Waals surface area (Å²) in [5.41, 5.74) is 6.09. The molecular formula is C11H22N2. The third-order valence-electron chi connectivity index (χ3n) is 3.79. The number of piperidine rings is 1. The zero-order chi connectivity index (χ0) is 9.10. The molecule has 1 saturated carbocycles. The standard InChI is InChI=1S/C11H22N2/c12-11-8-13-6-5-10(11)7-9-3-1-2-4-9/h9-11,13H,1-8,12H2. The van der Waals surface area contributed by atoms with Crippen molar-refractivity contribution in [2.75, 3.05) is 13.1 Å². The van der Waals surface area contributed by atoms with Gasteiger partial charge in [-0.2, -0.15) is 0 Å². The fourth-order valence-electron chi connectivity index (χ4n) is 2.90. The van der Waals surface area contributed by atoms with E-state index in [9.17, 15) is 0 Å². The maximum atomic E-state index is 6.09. The van der Waals surface area contributed by atoms with Crippen LogP contribution in [0.25, 0.3) is 0 Å². The molecule has 2 heteroatoms. The first kappa shape index (κ1) is 9.47. The van der Waals surface area contributed by atoms with Gasteiger partial charge in [-0.1, -0.05) is 25.7 Å². The van der Waals surface area contributed by atoms with E-state index >= 15 is 0 Å². The molecule has 0 aromatic heterocycles. The monoisotopic (exact) mass is 182 g/mol. The van der Waals surface area contributed by atoms with Crippen LogP contribution in [0, 0.1) is 11.8 Å². The van der Waals surface area contributed by atoms with Crippen LogP contribution in [0.3, 0.4) is 0 Å². The topological polar surface area (TPSA) is 38.0 Å². The molecule has 0 aromatic carbocycles. The number of hydrogen-bond donors (Lipinski definition) is 2. The van der Waals surface area contributed by atoms with Gasteiger partial charge < -0.3 is 11.1 Å². The zero-order valence-electron chi connectivity index (χ0n) is 8.47. The van der Waals surface area contributed by atoms with Crippen LogP contribution in [-0.2, 0) is 0 Å². The minimum absolute atomic E-state index is 0.425. The van der Waals surface area contributed by atoms with Crippen LogP contribution < -0.4 is 11.1 Å². The molecule has 1 heterocycles. The summed E-state index contributed by atoms with van der Waals surface area (Å²) in [5.74, 6) is 1.82. The van der Waals surface area contributed by atoms with Crippen molar-refractivity contribution >= 4 is 0 Å². The van der Waals surface area contributed by atoms with Crippen molar-refractivity contribution in [1.82, 2.24) is 5.32 Å². The Morgan fingerprint density at radius 3 is 2.62 bits per heavy atom. The number of rotatable bonds is 2. The van der Waals surface area contributed by atoms with Crippen molar-refractivity contribution in [3.63, 3.8) is 0 Å². The first-order valence-electron chi connectivity index (χ1n) is 5.82. The highest BCUT2D eigenvalue weighted by Crippen LogP contribution is 2.32. The van der Waals surface area contributed by atoms with Crippen LogP contribution >= 0.6 is 0 Å². The van der Waals surface area contributed by atoms with Gasteiger partial charge in [-0.3, -0.25) is 0 Å². The minimum atomic E-state index is 0.425. The Balaban J connectivity index is 1.78. The lowest BCUT2D eigenvalue weighted by Crippen LogP contribution is -2.46. The molecule has 2 fully saturated rings. The van der Waals surface area contributed by atoms with Gasteiger partial charge in [0.05, 0.1) is 0 Å². The van der Waals surface area contributed by atoms with Gasteiger partial charge in [-0.05, 0) is 31.2 Å². The highest BCUT2D eigenvalue weighted by Gasteiger charge is 2.26.